The molecule has 0 saturated carbocycles. The fraction of sp³-hybridized carbons (Fsp3) is 0.750. The lowest BCUT2D eigenvalue weighted by atomic mass is 10.2. The summed E-state index contributed by atoms with van der Waals surface area (Å²) >= 11 is 1.73. The van der Waals surface area contributed by atoms with Crippen molar-refractivity contribution in [2.75, 3.05) is 6.54 Å². The van der Waals surface area contributed by atoms with Crippen molar-refractivity contribution in [1.82, 2.24) is 10.3 Å². The van der Waals surface area contributed by atoms with Gasteiger partial charge in [0, 0.05) is 17.5 Å². The van der Waals surface area contributed by atoms with Gasteiger partial charge in [0.2, 0.25) is 0 Å². The van der Waals surface area contributed by atoms with Crippen LogP contribution in [0.1, 0.15) is 48.3 Å². The van der Waals surface area contributed by atoms with E-state index in [9.17, 15) is 5.11 Å². The summed E-state index contributed by atoms with van der Waals surface area (Å²) in [5, 5.41) is 14.1. The highest BCUT2D eigenvalue weighted by atomic mass is 32.1. The molecule has 92 valence electrons. The van der Waals surface area contributed by atoms with Gasteiger partial charge < -0.3 is 10.4 Å². The third-order valence-electron chi connectivity index (χ3n) is 2.61. The molecule has 1 aromatic heterocycles. The fourth-order valence-corrected chi connectivity index (χ4v) is 2.74. The van der Waals surface area contributed by atoms with Gasteiger partial charge >= 0.3 is 0 Å². The van der Waals surface area contributed by atoms with Crippen molar-refractivity contribution in [1.29, 1.82) is 0 Å². The van der Waals surface area contributed by atoms with Crippen LogP contribution in [0.4, 0.5) is 0 Å². The quantitative estimate of drug-likeness (QED) is 0.806. The van der Waals surface area contributed by atoms with Crippen LogP contribution in [0.25, 0.3) is 0 Å². The number of aliphatic hydroxyl groups is 1. The number of rotatable bonds is 6. The molecule has 3 nitrogen and oxygen atoms in total. The van der Waals surface area contributed by atoms with Gasteiger partial charge in [-0.1, -0.05) is 13.3 Å². The molecule has 0 aliphatic heterocycles. The van der Waals surface area contributed by atoms with Crippen LogP contribution in [0.3, 0.4) is 0 Å². The SMILES string of the molecule is CCCC(O)CNC(C)c1sc(C)nc1C. The molecule has 1 rings (SSSR count). The fourth-order valence-electron chi connectivity index (χ4n) is 1.79. The molecule has 16 heavy (non-hydrogen) atoms. The van der Waals surface area contributed by atoms with E-state index < -0.39 is 0 Å². The molecule has 0 aliphatic rings. The molecule has 0 fully saturated rings. The van der Waals surface area contributed by atoms with Crippen LogP contribution in [0, 0.1) is 13.8 Å². The predicted octanol–water partition coefficient (Wildman–Crippen LogP) is 2.57. The second-order valence-electron chi connectivity index (χ2n) is 4.25. The zero-order valence-electron chi connectivity index (χ0n) is 10.6. The molecular weight excluding hydrogens is 220 g/mol. The zero-order valence-corrected chi connectivity index (χ0v) is 11.4. The molecule has 4 heteroatoms. The van der Waals surface area contributed by atoms with E-state index >= 15 is 0 Å². The first-order chi connectivity index (χ1) is 7.54. The van der Waals surface area contributed by atoms with Crippen molar-refractivity contribution in [2.24, 2.45) is 0 Å². The maximum atomic E-state index is 9.64. The number of hydrogen-bond acceptors (Lipinski definition) is 4. The Hall–Kier alpha value is -0.450. The summed E-state index contributed by atoms with van der Waals surface area (Å²) in [5.74, 6) is 0. The number of nitrogens with zero attached hydrogens (tertiary/aromatic N) is 1. The van der Waals surface area contributed by atoms with Crippen LogP contribution >= 0.6 is 11.3 Å². The Balaban J connectivity index is 2.46. The van der Waals surface area contributed by atoms with Crippen molar-refractivity contribution in [3.8, 4) is 0 Å². The van der Waals surface area contributed by atoms with Crippen LogP contribution in [0.5, 0.6) is 0 Å². The average Bonchev–Trinajstić information content (AvgIpc) is 2.55. The van der Waals surface area contributed by atoms with Crippen molar-refractivity contribution < 1.29 is 5.11 Å². The maximum absolute atomic E-state index is 9.64. The summed E-state index contributed by atoms with van der Waals surface area (Å²) in [6.45, 7) is 8.94. The number of thiazole rings is 1. The largest absolute Gasteiger partial charge is 0.392 e. The molecule has 0 saturated heterocycles. The molecule has 0 spiro atoms. The van der Waals surface area contributed by atoms with Gasteiger partial charge in [-0.3, -0.25) is 0 Å². The van der Waals surface area contributed by atoms with Gasteiger partial charge in [0.1, 0.15) is 0 Å². The Morgan fingerprint density at radius 2 is 2.12 bits per heavy atom. The number of aryl methyl sites for hydroxylation is 2. The van der Waals surface area contributed by atoms with Gasteiger partial charge in [0.15, 0.2) is 0 Å². The Labute approximate surface area is 102 Å². The predicted molar refractivity (Wildman–Crippen MR) is 68.9 cm³/mol. The normalized spacial score (nSPS) is 15.1. The Kier molecular flexibility index (Phi) is 5.38. The van der Waals surface area contributed by atoms with E-state index in [1.165, 1.54) is 4.88 Å². The van der Waals surface area contributed by atoms with Crippen LogP contribution < -0.4 is 5.32 Å². The third kappa shape index (κ3) is 3.85. The van der Waals surface area contributed by atoms with Gasteiger partial charge in [-0.2, -0.15) is 0 Å². The van der Waals surface area contributed by atoms with Crippen LogP contribution in [-0.2, 0) is 0 Å². The highest BCUT2D eigenvalue weighted by Crippen LogP contribution is 2.24. The number of hydrogen-bond donors (Lipinski definition) is 2. The van der Waals surface area contributed by atoms with Gasteiger partial charge in [0.05, 0.1) is 16.8 Å². The van der Waals surface area contributed by atoms with Gasteiger partial charge in [-0.25, -0.2) is 4.98 Å². The smallest absolute Gasteiger partial charge is 0.0900 e. The first-order valence-electron chi connectivity index (χ1n) is 5.90. The Bertz CT molecular complexity index is 325. The maximum Gasteiger partial charge on any atom is 0.0900 e. The van der Waals surface area contributed by atoms with Crippen LogP contribution in [-0.4, -0.2) is 22.7 Å². The zero-order chi connectivity index (χ0) is 12.1. The molecule has 1 heterocycles. The standard InChI is InChI=1S/C12H22N2OS/c1-5-6-11(15)7-13-8(2)12-9(3)14-10(4)16-12/h8,11,13,15H,5-7H2,1-4H3. The molecular formula is C12H22N2OS. The third-order valence-corrected chi connectivity index (χ3v) is 3.87. The van der Waals surface area contributed by atoms with E-state index in [0.717, 1.165) is 23.5 Å². The Morgan fingerprint density at radius 1 is 1.44 bits per heavy atom. The van der Waals surface area contributed by atoms with Gasteiger partial charge in [-0.15, -0.1) is 11.3 Å². The second kappa shape index (κ2) is 6.33. The summed E-state index contributed by atoms with van der Waals surface area (Å²) in [6, 6.07) is 0.276. The summed E-state index contributed by atoms with van der Waals surface area (Å²) < 4.78 is 0. The molecule has 2 unspecified atom stereocenters. The minimum atomic E-state index is -0.234. The van der Waals surface area contributed by atoms with E-state index in [2.05, 4.69) is 24.1 Å². The van der Waals surface area contributed by atoms with Gasteiger partial charge in [0.25, 0.3) is 0 Å². The van der Waals surface area contributed by atoms with E-state index in [0.29, 0.717) is 6.54 Å². The highest BCUT2D eigenvalue weighted by Gasteiger charge is 2.13. The lowest BCUT2D eigenvalue weighted by Crippen LogP contribution is -2.28. The minimum Gasteiger partial charge on any atom is -0.392 e. The molecule has 1 aromatic rings. The van der Waals surface area contributed by atoms with E-state index in [1.807, 2.05) is 13.8 Å². The Morgan fingerprint density at radius 3 is 2.62 bits per heavy atom. The first-order valence-corrected chi connectivity index (χ1v) is 6.71. The number of aliphatic hydroxyl groups excluding tert-OH is 1. The number of aromatic nitrogens is 1. The van der Waals surface area contributed by atoms with Gasteiger partial charge in [-0.05, 0) is 27.2 Å². The summed E-state index contributed by atoms with van der Waals surface area (Å²) in [5.41, 5.74) is 1.10. The number of nitrogens with one attached hydrogen (secondary N) is 1. The van der Waals surface area contributed by atoms with E-state index in [4.69, 9.17) is 0 Å². The molecule has 0 aromatic carbocycles. The molecule has 0 bridgehead atoms. The second-order valence-corrected chi connectivity index (χ2v) is 5.49. The lowest BCUT2D eigenvalue weighted by Gasteiger charge is -2.16. The molecule has 0 aliphatic carbocycles. The van der Waals surface area contributed by atoms with Crippen LogP contribution in [0.2, 0.25) is 0 Å². The highest BCUT2D eigenvalue weighted by molar-refractivity contribution is 7.11. The van der Waals surface area contributed by atoms with Crippen molar-refractivity contribution in [3.63, 3.8) is 0 Å². The van der Waals surface area contributed by atoms with Crippen molar-refractivity contribution in [2.45, 2.75) is 52.7 Å². The van der Waals surface area contributed by atoms with E-state index in [1.54, 1.807) is 11.3 Å². The molecule has 0 radical (unpaired) electrons. The average molecular weight is 242 g/mol. The lowest BCUT2D eigenvalue weighted by molar-refractivity contribution is 0.157. The van der Waals surface area contributed by atoms with Crippen LogP contribution in [0.15, 0.2) is 0 Å². The molecule has 0 amide bonds. The molecule has 2 N–H and O–H groups in total. The monoisotopic (exact) mass is 242 g/mol. The summed E-state index contributed by atoms with van der Waals surface area (Å²) in [4.78, 5) is 5.69. The van der Waals surface area contributed by atoms with E-state index in [-0.39, 0.29) is 12.1 Å². The van der Waals surface area contributed by atoms with Crippen molar-refractivity contribution >= 4 is 11.3 Å². The summed E-state index contributed by atoms with van der Waals surface area (Å²) in [6.07, 6.45) is 1.65. The topological polar surface area (TPSA) is 45.1 Å². The van der Waals surface area contributed by atoms with Crippen molar-refractivity contribution in [3.05, 3.63) is 15.6 Å². The first kappa shape index (κ1) is 13.6. The summed E-state index contributed by atoms with van der Waals surface area (Å²) in [7, 11) is 0. The minimum absolute atomic E-state index is 0.234. The molecule has 2 atom stereocenters.